The highest BCUT2D eigenvalue weighted by Gasteiger charge is 2.00. The van der Waals surface area contributed by atoms with E-state index in [1.165, 1.54) is 13.1 Å². The van der Waals surface area contributed by atoms with E-state index in [-0.39, 0.29) is 5.91 Å². The molecule has 0 aliphatic heterocycles. The van der Waals surface area contributed by atoms with Crippen molar-refractivity contribution in [3.63, 3.8) is 0 Å². The number of benzene rings is 1. The van der Waals surface area contributed by atoms with Crippen LogP contribution >= 0.6 is 11.6 Å². The molecule has 5 heteroatoms. The Labute approximate surface area is 110 Å². The van der Waals surface area contributed by atoms with Gasteiger partial charge in [-0.25, -0.2) is 4.98 Å². The van der Waals surface area contributed by atoms with E-state index in [2.05, 4.69) is 10.3 Å². The fourth-order valence-corrected chi connectivity index (χ4v) is 1.47. The summed E-state index contributed by atoms with van der Waals surface area (Å²) < 4.78 is 5.51. The second-order valence-corrected chi connectivity index (χ2v) is 4.06. The van der Waals surface area contributed by atoms with Crippen molar-refractivity contribution >= 4 is 23.2 Å². The quantitative estimate of drug-likeness (QED) is 0.921. The molecule has 0 unspecified atom stereocenters. The Balaban J connectivity index is 2.06. The number of aromatic nitrogens is 1. The monoisotopic (exact) mass is 262 g/mol. The molecule has 0 aliphatic carbocycles. The Morgan fingerprint density at radius 3 is 2.50 bits per heavy atom. The van der Waals surface area contributed by atoms with E-state index in [9.17, 15) is 4.79 Å². The molecule has 1 aromatic heterocycles. The standard InChI is InChI=1S/C13H11ClN2O2/c1-9(17)16-11-4-7-13(15-8-11)18-12-5-2-10(14)3-6-12/h2-8H,1H3,(H,16,17). The van der Waals surface area contributed by atoms with Crippen molar-refractivity contribution in [3.8, 4) is 11.6 Å². The lowest BCUT2D eigenvalue weighted by Crippen LogP contribution is -2.05. The number of ether oxygens (including phenoxy) is 1. The van der Waals surface area contributed by atoms with E-state index < -0.39 is 0 Å². The van der Waals surface area contributed by atoms with Crippen molar-refractivity contribution in [3.05, 3.63) is 47.6 Å². The van der Waals surface area contributed by atoms with Crippen LogP contribution in [0.25, 0.3) is 0 Å². The zero-order valence-electron chi connectivity index (χ0n) is 9.68. The maximum absolute atomic E-state index is 10.8. The van der Waals surface area contributed by atoms with Gasteiger partial charge in [0, 0.05) is 18.0 Å². The average Bonchev–Trinajstić information content (AvgIpc) is 2.34. The normalized spacial score (nSPS) is 9.89. The topological polar surface area (TPSA) is 51.2 Å². The summed E-state index contributed by atoms with van der Waals surface area (Å²) in [5.41, 5.74) is 0.631. The van der Waals surface area contributed by atoms with Gasteiger partial charge in [-0.2, -0.15) is 0 Å². The molecule has 1 aromatic carbocycles. The molecule has 0 saturated carbocycles. The predicted molar refractivity (Wildman–Crippen MR) is 70.1 cm³/mol. The van der Waals surface area contributed by atoms with Gasteiger partial charge in [-0.3, -0.25) is 4.79 Å². The molecule has 2 aromatic rings. The molecule has 1 N–H and O–H groups in total. The third kappa shape index (κ3) is 3.46. The fraction of sp³-hybridized carbons (Fsp3) is 0.0769. The number of anilines is 1. The van der Waals surface area contributed by atoms with Crippen LogP contribution in [0.4, 0.5) is 5.69 Å². The summed E-state index contributed by atoms with van der Waals surface area (Å²) in [5.74, 6) is 0.966. The zero-order valence-corrected chi connectivity index (χ0v) is 10.4. The van der Waals surface area contributed by atoms with E-state index >= 15 is 0 Å². The molecular weight excluding hydrogens is 252 g/mol. The Kier molecular flexibility index (Phi) is 3.79. The van der Waals surface area contributed by atoms with E-state index in [1.54, 1.807) is 36.4 Å². The molecule has 0 fully saturated rings. The van der Waals surface area contributed by atoms with Gasteiger partial charge < -0.3 is 10.1 Å². The Morgan fingerprint density at radius 2 is 1.94 bits per heavy atom. The number of carbonyl (C=O) groups is 1. The lowest BCUT2D eigenvalue weighted by atomic mass is 10.3. The Bertz CT molecular complexity index is 538. The molecule has 1 heterocycles. The van der Waals surface area contributed by atoms with E-state index in [0.29, 0.717) is 22.3 Å². The van der Waals surface area contributed by atoms with Crippen molar-refractivity contribution in [2.24, 2.45) is 0 Å². The second-order valence-electron chi connectivity index (χ2n) is 3.62. The van der Waals surface area contributed by atoms with E-state index in [1.807, 2.05) is 0 Å². The number of amides is 1. The summed E-state index contributed by atoms with van der Waals surface area (Å²) in [6.07, 6.45) is 1.53. The lowest BCUT2D eigenvalue weighted by Gasteiger charge is -2.06. The SMILES string of the molecule is CC(=O)Nc1ccc(Oc2ccc(Cl)cc2)nc1. The number of nitrogens with zero attached hydrogens (tertiary/aromatic N) is 1. The molecule has 1 amide bonds. The van der Waals surface area contributed by atoms with E-state index in [0.717, 1.165) is 0 Å². The fourth-order valence-electron chi connectivity index (χ4n) is 1.34. The first-order valence-corrected chi connectivity index (χ1v) is 5.68. The number of hydrogen-bond acceptors (Lipinski definition) is 3. The van der Waals surface area contributed by atoms with Crippen LogP contribution < -0.4 is 10.1 Å². The second kappa shape index (κ2) is 5.51. The van der Waals surface area contributed by atoms with Crippen LogP contribution in [0.1, 0.15) is 6.92 Å². The molecule has 0 saturated heterocycles. The third-order valence-corrected chi connectivity index (χ3v) is 2.34. The van der Waals surface area contributed by atoms with Gasteiger partial charge >= 0.3 is 0 Å². The number of nitrogens with one attached hydrogen (secondary N) is 1. The highest BCUT2D eigenvalue weighted by molar-refractivity contribution is 6.30. The van der Waals surface area contributed by atoms with Gasteiger partial charge in [-0.15, -0.1) is 0 Å². The molecular formula is C13H11ClN2O2. The molecule has 18 heavy (non-hydrogen) atoms. The van der Waals surface area contributed by atoms with Crippen LogP contribution in [-0.2, 0) is 4.79 Å². The maximum Gasteiger partial charge on any atom is 0.221 e. The van der Waals surface area contributed by atoms with Crippen molar-refractivity contribution in [1.82, 2.24) is 4.98 Å². The minimum Gasteiger partial charge on any atom is -0.439 e. The van der Waals surface area contributed by atoms with Gasteiger partial charge in [0.15, 0.2) is 0 Å². The summed E-state index contributed by atoms with van der Waals surface area (Å²) in [6, 6.07) is 10.4. The van der Waals surface area contributed by atoms with Gasteiger partial charge in [0.2, 0.25) is 11.8 Å². The smallest absolute Gasteiger partial charge is 0.221 e. The minimum atomic E-state index is -0.136. The highest BCUT2D eigenvalue weighted by atomic mass is 35.5. The maximum atomic E-state index is 10.8. The average molecular weight is 263 g/mol. The van der Waals surface area contributed by atoms with Gasteiger partial charge in [0.1, 0.15) is 5.75 Å². The van der Waals surface area contributed by atoms with Crippen LogP contribution in [-0.4, -0.2) is 10.9 Å². The molecule has 0 radical (unpaired) electrons. The summed E-state index contributed by atoms with van der Waals surface area (Å²) >= 11 is 5.77. The molecule has 4 nitrogen and oxygen atoms in total. The molecule has 0 bridgehead atoms. The number of carbonyl (C=O) groups excluding carboxylic acids is 1. The highest BCUT2D eigenvalue weighted by Crippen LogP contribution is 2.22. The molecule has 0 aliphatic rings. The van der Waals surface area contributed by atoms with Crippen LogP contribution in [0.2, 0.25) is 5.02 Å². The first kappa shape index (κ1) is 12.4. The summed E-state index contributed by atoms with van der Waals surface area (Å²) in [5, 5.41) is 3.28. The number of halogens is 1. The minimum absolute atomic E-state index is 0.136. The number of pyridine rings is 1. The lowest BCUT2D eigenvalue weighted by molar-refractivity contribution is -0.114. The van der Waals surface area contributed by atoms with Crippen LogP contribution in [0.5, 0.6) is 11.6 Å². The van der Waals surface area contributed by atoms with Gasteiger partial charge in [-0.05, 0) is 30.3 Å². The largest absolute Gasteiger partial charge is 0.439 e. The summed E-state index contributed by atoms with van der Waals surface area (Å²) in [6.45, 7) is 1.44. The number of rotatable bonds is 3. The Morgan fingerprint density at radius 1 is 1.22 bits per heavy atom. The Hall–Kier alpha value is -2.07. The van der Waals surface area contributed by atoms with Gasteiger partial charge in [0.05, 0.1) is 11.9 Å². The van der Waals surface area contributed by atoms with Crippen molar-refractivity contribution in [2.45, 2.75) is 6.92 Å². The van der Waals surface area contributed by atoms with Gasteiger partial charge in [0.25, 0.3) is 0 Å². The van der Waals surface area contributed by atoms with Crippen LogP contribution in [0.15, 0.2) is 42.6 Å². The van der Waals surface area contributed by atoms with Crippen molar-refractivity contribution in [1.29, 1.82) is 0 Å². The molecule has 0 atom stereocenters. The zero-order chi connectivity index (χ0) is 13.0. The predicted octanol–water partition coefficient (Wildman–Crippen LogP) is 3.49. The van der Waals surface area contributed by atoms with Gasteiger partial charge in [-0.1, -0.05) is 11.6 Å². The first-order valence-electron chi connectivity index (χ1n) is 5.30. The van der Waals surface area contributed by atoms with Crippen molar-refractivity contribution in [2.75, 3.05) is 5.32 Å². The molecule has 0 spiro atoms. The summed E-state index contributed by atoms with van der Waals surface area (Å²) in [4.78, 5) is 14.9. The molecule has 92 valence electrons. The van der Waals surface area contributed by atoms with Crippen LogP contribution in [0.3, 0.4) is 0 Å². The van der Waals surface area contributed by atoms with Crippen molar-refractivity contribution < 1.29 is 9.53 Å². The third-order valence-electron chi connectivity index (χ3n) is 2.09. The number of hydrogen-bond donors (Lipinski definition) is 1. The van der Waals surface area contributed by atoms with Crippen LogP contribution in [0, 0.1) is 0 Å². The molecule has 2 rings (SSSR count). The summed E-state index contributed by atoms with van der Waals surface area (Å²) in [7, 11) is 0. The first-order chi connectivity index (χ1) is 8.63. The van der Waals surface area contributed by atoms with E-state index in [4.69, 9.17) is 16.3 Å².